The highest BCUT2D eigenvalue weighted by Gasteiger charge is 2.23. The van der Waals surface area contributed by atoms with E-state index < -0.39 is 7.32 Å². The van der Waals surface area contributed by atoms with Crippen LogP contribution in [-0.2, 0) is 4.65 Å². The van der Waals surface area contributed by atoms with Crippen LogP contribution in [-0.4, -0.2) is 34.7 Å². The zero-order chi connectivity index (χ0) is 8.27. The SMILES string of the molecule is OB(O)OC1CCC(O)CC1. The Morgan fingerprint density at radius 1 is 1.09 bits per heavy atom. The molecule has 0 aromatic rings. The van der Waals surface area contributed by atoms with Crippen LogP contribution in [0.25, 0.3) is 0 Å². The fourth-order valence-electron chi connectivity index (χ4n) is 1.35. The molecule has 0 aliphatic heterocycles. The molecule has 4 nitrogen and oxygen atoms in total. The molecule has 3 N–H and O–H groups in total. The van der Waals surface area contributed by atoms with Crippen molar-refractivity contribution in [2.75, 3.05) is 0 Å². The Morgan fingerprint density at radius 2 is 1.64 bits per heavy atom. The molecule has 1 fully saturated rings. The summed E-state index contributed by atoms with van der Waals surface area (Å²) in [6.07, 6.45) is 2.47. The highest BCUT2D eigenvalue weighted by molar-refractivity contribution is 6.32. The van der Waals surface area contributed by atoms with Gasteiger partial charge in [0, 0.05) is 6.10 Å². The van der Waals surface area contributed by atoms with Gasteiger partial charge in [-0.05, 0) is 25.7 Å². The van der Waals surface area contributed by atoms with Crippen LogP contribution in [0.15, 0.2) is 0 Å². The quantitative estimate of drug-likeness (QED) is 0.466. The van der Waals surface area contributed by atoms with Gasteiger partial charge in [-0.3, -0.25) is 0 Å². The van der Waals surface area contributed by atoms with E-state index in [0.29, 0.717) is 25.7 Å². The van der Waals surface area contributed by atoms with Crippen molar-refractivity contribution in [3.05, 3.63) is 0 Å². The predicted molar refractivity (Wildman–Crippen MR) is 39.5 cm³/mol. The summed E-state index contributed by atoms with van der Waals surface area (Å²) in [4.78, 5) is 0. The lowest BCUT2D eigenvalue weighted by atomic mass is 9.94. The molecular formula is C6H13BO4. The number of hydrogen-bond donors (Lipinski definition) is 3. The highest BCUT2D eigenvalue weighted by atomic mass is 16.6. The maximum Gasteiger partial charge on any atom is 0.634 e. The van der Waals surface area contributed by atoms with Crippen LogP contribution in [0, 0.1) is 0 Å². The van der Waals surface area contributed by atoms with Crippen LogP contribution in [0.4, 0.5) is 0 Å². The summed E-state index contributed by atoms with van der Waals surface area (Å²) >= 11 is 0. The van der Waals surface area contributed by atoms with Gasteiger partial charge in [0.05, 0.1) is 6.10 Å². The molecule has 0 spiro atoms. The van der Waals surface area contributed by atoms with Gasteiger partial charge in [0.1, 0.15) is 0 Å². The molecule has 0 amide bonds. The Labute approximate surface area is 66.0 Å². The lowest BCUT2D eigenvalue weighted by Crippen LogP contribution is -2.30. The van der Waals surface area contributed by atoms with E-state index in [4.69, 9.17) is 19.8 Å². The minimum absolute atomic E-state index is 0.0987. The first-order valence-electron chi connectivity index (χ1n) is 3.88. The van der Waals surface area contributed by atoms with Crippen LogP contribution in [0.1, 0.15) is 25.7 Å². The zero-order valence-corrected chi connectivity index (χ0v) is 6.31. The first kappa shape index (κ1) is 9.00. The summed E-state index contributed by atoms with van der Waals surface area (Å²) < 4.78 is 4.74. The van der Waals surface area contributed by atoms with Gasteiger partial charge in [-0.25, -0.2) is 0 Å². The molecule has 0 atom stereocenters. The third kappa shape index (κ3) is 3.20. The molecule has 0 aromatic heterocycles. The number of rotatable bonds is 2. The molecule has 1 aliphatic carbocycles. The second kappa shape index (κ2) is 4.06. The van der Waals surface area contributed by atoms with Crippen molar-refractivity contribution < 1.29 is 19.8 Å². The van der Waals surface area contributed by atoms with Gasteiger partial charge in [-0.2, -0.15) is 0 Å². The first-order chi connectivity index (χ1) is 5.18. The van der Waals surface area contributed by atoms with Crippen molar-refractivity contribution >= 4 is 7.32 Å². The highest BCUT2D eigenvalue weighted by Crippen LogP contribution is 2.20. The number of aliphatic hydroxyl groups is 1. The van der Waals surface area contributed by atoms with Crippen molar-refractivity contribution in [2.45, 2.75) is 37.9 Å². The van der Waals surface area contributed by atoms with E-state index in [2.05, 4.69) is 0 Å². The summed E-state index contributed by atoms with van der Waals surface area (Å²) in [5.74, 6) is 0. The molecule has 1 aliphatic rings. The number of aliphatic hydroxyl groups excluding tert-OH is 1. The maximum atomic E-state index is 9.08. The fourth-order valence-corrected chi connectivity index (χ4v) is 1.35. The summed E-state index contributed by atoms with van der Waals surface area (Å²) in [7, 11) is -1.67. The molecule has 11 heavy (non-hydrogen) atoms. The van der Waals surface area contributed by atoms with E-state index in [-0.39, 0.29) is 12.2 Å². The van der Waals surface area contributed by atoms with Gasteiger partial charge in [0.25, 0.3) is 0 Å². The van der Waals surface area contributed by atoms with E-state index in [9.17, 15) is 0 Å². The molecule has 64 valence electrons. The Bertz CT molecular complexity index is 111. The van der Waals surface area contributed by atoms with Crippen LogP contribution in [0.5, 0.6) is 0 Å². The molecule has 0 heterocycles. The van der Waals surface area contributed by atoms with Gasteiger partial charge in [0.15, 0.2) is 0 Å². The summed E-state index contributed by atoms with van der Waals surface area (Å²) in [6, 6.07) is 0. The van der Waals surface area contributed by atoms with Crippen molar-refractivity contribution in [1.82, 2.24) is 0 Å². The van der Waals surface area contributed by atoms with Crippen molar-refractivity contribution in [1.29, 1.82) is 0 Å². The van der Waals surface area contributed by atoms with Gasteiger partial charge < -0.3 is 19.8 Å². The zero-order valence-electron chi connectivity index (χ0n) is 6.31. The Hall–Kier alpha value is -0.0951. The third-order valence-corrected chi connectivity index (χ3v) is 1.96. The minimum atomic E-state index is -1.67. The molecule has 5 heteroatoms. The number of hydrogen-bond acceptors (Lipinski definition) is 4. The smallest absolute Gasteiger partial charge is 0.402 e. The second-order valence-electron chi connectivity index (χ2n) is 2.89. The standard InChI is InChI=1S/C6H13BO4/c8-5-1-3-6(4-2-5)11-7(9)10/h5-6,8-10H,1-4H2. The predicted octanol–water partition coefficient (Wildman–Crippen LogP) is -0.724. The van der Waals surface area contributed by atoms with Crippen LogP contribution < -0.4 is 0 Å². The van der Waals surface area contributed by atoms with Crippen molar-refractivity contribution in [2.24, 2.45) is 0 Å². The van der Waals surface area contributed by atoms with E-state index in [1.165, 1.54) is 0 Å². The minimum Gasteiger partial charge on any atom is -0.402 e. The van der Waals surface area contributed by atoms with Crippen LogP contribution >= 0.6 is 0 Å². The van der Waals surface area contributed by atoms with Crippen LogP contribution in [0.2, 0.25) is 0 Å². The molecule has 1 rings (SSSR count). The van der Waals surface area contributed by atoms with E-state index >= 15 is 0 Å². The molecule has 0 saturated heterocycles. The first-order valence-corrected chi connectivity index (χ1v) is 3.88. The van der Waals surface area contributed by atoms with E-state index in [1.807, 2.05) is 0 Å². The maximum absolute atomic E-state index is 9.08. The van der Waals surface area contributed by atoms with Crippen LogP contribution in [0.3, 0.4) is 0 Å². The normalized spacial score (nSPS) is 31.9. The van der Waals surface area contributed by atoms with Crippen molar-refractivity contribution in [3.63, 3.8) is 0 Å². The van der Waals surface area contributed by atoms with Gasteiger partial charge in [-0.15, -0.1) is 0 Å². The molecular weight excluding hydrogens is 147 g/mol. The Kier molecular flexibility index (Phi) is 3.32. The molecule has 1 saturated carbocycles. The second-order valence-corrected chi connectivity index (χ2v) is 2.89. The summed E-state index contributed by atoms with van der Waals surface area (Å²) in [5.41, 5.74) is 0. The van der Waals surface area contributed by atoms with Gasteiger partial charge >= 0.3 is 7.32 Å². The Balaban J connectivity index is 2.17. The average Bonchev–Trinajstić information content (AvgIpc) is 1.93. The lowest BCUT2D eigenvalue weighted by Gasteiger charge is -2.25. The summed E-state index contributed by atoms with van der Waals surface area (Å²) in [6.45, 7) is 0. The topological polar surface area (TPSA) is 69.9 Å². The summed E-state index contributed by atoms with van der Waals surface area (Å²) in [5, 5.41) is 26.0. The monoisotopic (exact) mass is 160 g/mol. The molecule has 0 radical (unpaired) electrons. The molecule has 0 aromatic carbocycles. The third-order valence-electron chi connectivity index (χ3n) is 1.96. The lowest BCUT2D eigenvalue weighted by molar-refractivity contribution is 0.0402. The Morgan fingerprint density at radius 3 is 2.09 bits per heavy atom. The van der Waals surface area contributed by atoms with E-state index in [0.717, 1.165) is 0 Å². The molecule has 0 bridgehead atoms. The van der Waals surface area contributed by atoms with Gasteiger partial charge in [-0.1, -0.05) is 0 Å². The molecule has 0 unspecified atom stereocenters. The average molecular weight is 160 g/mol. The van der Waals surface area contributed by atoms with Crippen molar-refractivity contribution in [3.8, 4) is 0 Å². The van der Waals surface area contributed by atoms with E-state index in [1.54, 1.807) is 0 Å². The largest absolute Gasteiger partial charge is 0.634 e. The van der Waals surface area contributed by atoms with Gasteiger partial charge in [0.2, 0.25) is 0 Å². The fraction of sp³-hybridized carbons (Fsp3) is 1.00.